The molecule has 0 bridgehead atoms. The van der Waals surface area contributed by atoms with Crippen LogP contribution in [0.3, 0.4) is 0 Å². The molecule has 0 saturated carbocycles. The predicted octanol–water partition coefficient (Wildman–Crippen LogP) is 1.75. The van der Waals surface area contributed by atoms with Crippen LogP contribution in [-0.2, 0) is 6.18 Å². The van der Waals surface area contributed by atoms with E-state index in [1.165, 1.54) is 0 Å². The van der Waals surface area contributed by atoms with E-state index in [0.717, 1.165) is 25.5 Å². The molecular formula is C9H13Cl2F3N4. The summed E-state index contributed by atoms with van der Waals surface area (Å²) in [5, 5.41) is 3.12. The number of piperazine rings is 1. The molecule has 1 N–H and O–H groups in total. The van der Waals surface area contributed by atoms with E-state index in [4.69, 9.17) is 0 Å². The number of hydrogen-bond acceptors (Lipinski definition) is 4. The Morgan fingerprint density at radius 3 is 2.28 bits per heavy atom. The fourth-order valence-electron chi connectivity index (χ4n) is 1.57. The van der Waals surface area contributed by atoms with Crippen LogP contribution in [0.2, 0.25) is 0 Å². The molecule has 0 unspecified atom stereocenters. The normalized spacial score (nSPS) is 15.6. The summed E-state index contributed by atoms with van der Waals surface area (Å²) in [6.45, 7) is 2.83. The highest BCUT2D eigenvalue weighted by molar-refractivity contribution is 5.85. The Balaban J connectivity index is 0.00000144. The molecule has 4 nitrogen and oxygen atoms in total. The van der Waals surface area contributed by atoms with Gasteiger partial charge in [-0.1, -0.05) is 0 Å². The van der Waals surface area contributed by atoms with Crippen molar-refractivity contribution in [1.82, 2.24) is 15.3 Å². The SMILES string of the molecule is Cl.Cl.FC(F)(F)c1cc(N2CCNCC2)ncn1. The Hall–Kier alpha value is -0.790. The highest BCUT2D eigenvalue weighted by atomic mass is 35.5. The number of halogens is 5. The number of rotatable bonds is 1. The van der Waals surface area contributed by atoms with Gasteiger partial charge in [-0.05, 0) is 0 Å². The highest BCUT2D eigenvalue weighted by Crippen LogP contribution is 2.28. The van der Waals surface area contributed by atoms with E-state index in [1.807, 2.05) is 4.90 Å². The van der Waals surface area contributed by atoms with Crippen molar-refractivity contribution in [3.05, 3.63) is 18.1 Å². The Morgan fingerprint density at radius 2 is 1.72 bits per heavy atom. The molecular weight excluding hydrogens is 292 g/mol. The summed E-state index contributed by atoms with van der Waals surface area (Å²) in [5.74, 6) is 0.337. The number of nitrogens with one attached hydrogen (secondary N) is 1. The highest BCUT2D eigenvalue weighted by Gasteiger charge is 2.33. The zero-order chi connectivity index (χ0) is 11.6. The quantitative estimate of drug-likeness (QED) is 0.858. The molecule has 0 aliphatic carbocycles. The maximum absolute atomic E-state index is 12.4. The minimum atomic E-state index is -4.41. The Kier molecular flexibility index (Phi) is 6.66. The molecule has 9 heteroatoms. The Labute approximate surface area is 115 Å². The van der Waals surface area contributed by atoms with Crippen LogP contribution in [0.4, 0.5) is 19.0 Å². The van der Waals surface area contributed by atoms with E-state index in [0.29, 0.717) is 18.9 Å². The zero-order valence-corrected chi connectivity index (χ0v) is 10.9. The smallest absolute Gasteiger partial charge is 0.354 e. The summed E-state index contributed by atoms with van der Waals surface area (Å²) in [6.07, 6.45) is -3.45. The molecule has 18 heavy (non-hydrogen) atoms. The maximum atomic E-state index is 12.4. The molecule has 2 rings (SSSR count). The molecule has 1 aliphatic heterocycles. The van der Waals surface area contributed by atoms with Gasteiger partial charge in [0.2, 0.25) is 0 Å². The van der Waals surface area contributed by atoms with Gasteiger partial charge in [-0.15, -0.1) is 24.8 Å². The largest absolute Gasteiger partial charge is 0.433 e. The van der Waals surface area contributed by atoms with Crippen LogP contribution >= 0.6 is 24.8 Å². The van der Waals surface area contributed by atoms with Crippen LogP contribution in [0.1, 0.15) is 5.69 Å². The van der Waals surface area contributed by atoms with Gasteiger partial charge < -0.3 is 10.2 Å². The molecule has 1 aromatic heterocycles. The lowest BCUT2D eigenvalue weighted by molar-refractivity contribution is -0.141. The topological polar surface area (TPSA) is 41.0 Å². The summed E-state index contributed by atoms with van der Waals surface area (Å²) < 4.78 is 37.2. The summed E-state index contributed by atoms with van der Waals surface area (Å²) in [5.41, 5.74) is -0.893. The second-order valence-electron chi connectivity index (χ2n) is 3.50. The van der Waals surface area contributed by atoms with Crippen molar-refractivity contribution < 1.29 is 13.2 Å². The average Bonchev–Trinajstić information content (AvgIpc) is 2.29. The van der Waals surface area contributed by atoms with Gasteiger partial charge in [-0.25, -0.2) is 9.97 Å². The molecule has 2 heterocycles. The van der Waals surface area contributed by atoms with E-state index in [-0.39, 0.29) is 24.8 Å². The summed E-state index contributed by atoms with van der Waals surface area (Å²) in [4.78, 5) is 8.90. The van der Waals surface area contributed by atoms with E-state index < -0.39 is 11.9 Å². The Morgan fingerprint density at radius 1 is 1.11 bits per heavy atom. The third-order valence-electron chi connectivity index (χ3n) is 2.38. The minimum Gasteiger partial charge on any atom is -0.354 e. The summed E-state index contributed by atoms with van der Waals surface area (Å²) >= 11 is 0. The lowest BCUT2D eigenvalue weighted by atomic mass is 10.3. The fourth-order valence-corrected chi connectivity index (χ4v) is 1.57. The van der Waals surface area contributed by atoms with Crippen molar-refractivity contribution in [3.63, 3.8) is 0 Å². The molecule has 104 valence electrons. The number of nitrogens with zero attached hydrogens (tertiary/aromatic N) is 3. The first-order chi connectivity index (χ1) is 7.57. The van der Waals surface area contributed by atoms with Crippen molar-refractivity contribution in [1.29, 1.82) is 0 Å². The molecule has 0 spiro atoms. The molecule has 0 radical (unpaired) electrons. The van der Waals surface area contributed by atoms with Gasteiger partial charge in [-0.3, -0.25) is 0 Å². The third kappa shape index (κ3) is 4.15. The monoisotopic (exact) mass is 304 g/mol. The van der Waals surface area contributed by atoms with E-state index >= 15 is 0 Å². The van der Waals surface area contributed by atoms with Gasteiger partial charge in [0.25, 0.3) is 0 Å². The van der Waals surface area contributed by atoms with Crippen molar-refractivity contribution in [2.75, 3.05) is 31.1 Å². The summed E-state index contributed by atoms with van der Waals surface area (Å²) in [7, 11) is 0. The molecule has 1 aromatic rings. The lowest BCUT2D eigenvalue weighted by Gasteiger charge is -2.28. The second-order valence-corrected chi connectivity index (χ2v) is 3.50. The van der Waals surface area contributed by atoms with E-state index in [9.17, 15) is 13.2 Å². The first-order valence-corrected chi connectivity index (χ1v) is 4.92. The first kappa shape index (κ1) is 17.2. The van der Waals surface area contributed by atoms with Crippen LogP contribution in [0.15, 0.2) is 12.4 Å². The van der Waals surface area contributed by atoms with Gasteiger partial charge in [-0.2, -0.15) is 13.2 Å². The lowest BCUT2D eigenvalue weighted by Crippen LogP contribution is -2.44. The predicted molar refractivity (Wildman–Crippen MR) is 66.6 cm³/mol. The van der Waals surface area contributed by atoms with E-state index in [1.54, 1.807) is 0 Å². The number of aromatic nitrogens is 2. The van der Waals surface area contributed by atoms with Gasteiger partial charge in [0.05, 0.1) is 0 Å². The van der Waals surface area contributed by atoms with Crippen molar-refractivity contribution >= 4 is 30.6 Å². The van der Waals surface area contributed by atoms with Crippen LogP contribution in [0, 0.1) is 0 Å². The number of hydrogen-bond donors (Lipinski definition) is 1. The molecule has 1 aliphatic rings. The maximum Gasteiger partial charge on any atom is 0.433 e. The summed E-state index contributed by atoms with van der Waals surface area (Å²) in [6, 6.07) is 0.991. The van der Waals surface area contributed by atoms with Gasteiger partial charge in [0, 0.05) is 32.2 Å². The molecule has 0 amide bonds. The zero-order valence-electron chi connectivity index (χ0n) is 9.28. The van der Waals surface area contributed by atoms with Crippen LogP contribution in [0.25, 0.3) is 0 Å². The fraction of sp³-hybridized carbons (Fsp3) is 0.556. The van der Waals surface area contributed by atoms with Crippen LogP contribution in [0.5, 0.6) is 0 Å². The van der Waals surface area contributed by atoms with Crippen LogP contribution < -0.4 is 10.2 Å². The molecule has 1 saturated heterocycles. The number of alkyl halides is 3. The van der Waals surface area contributed by atoms with Gasteiger partial charge >= 0.3 is 6.18 Å². The van der Waals surface area contributed by atoms with Gasteiger partial charge in [0.15, 0.2) is 0 Å². The number of anilines is 1. The molecule has 1 fully saturated rings. The molecule has 0 aromatic carbocycles. The van der Waals surface area contributed by atoms with Crippen molar-refractivity contribution in [3.8, 4) is 0 Å². The van der Waals surface area contributed by atoms with Crippen molar-refractivity contribution in [2.45, 2.75) is 6.18 Å². The Bertz CT molecular complexity index is 369. The molecule has 0 atom stereocenters. The van der Waals surface area contributed by atoms with Crippen molar-refractivity contribution in [2.24, 2.45) is 0 Å². The second kappa shape index (κ2) is 6.96. The average molecular weight is 305 g/mol. The van der Waals surface area contributed by atoms with Gasteiger partial charge in [0.1, 0.15) is 17.8 Å². The third-order valence-corrected chi connectivity index (χ3v) is 2.38. The standard InChI is InChI=1S/C9H11F3N4.2ClH/c10-9(11,12)7-5-8(15-6-14-7)16-3-1-13-2-4-16;;/h5-6,13H,1-4H2;2*1H. The van der Waals surface area contributed by atoms with Crippen LogP contribution in [-0.4, -0.2) is 36.1 Å². The first-order valence-electron chi connectivity index (χ1n) is 4.92. The minimum absolute atomic E-state index is 0. The van der Waals surface area contributed by atoms with E-state index in [2.05, 4.69) is 15.3 Å².